The van der Waals surface area contributed by atoms with Gasteiger partial charge in [-0.25, -0.2) is 4.79 Å². The van der Waals surface area contributed by atoms with E-state index in [1.54, 1.807) is 0 Å². The van der Waals surface area contributed by atoms with Crippen molar-refractivity contribution in [3.8, 4) is 0 Å². The van der Waals surface area contributed by atoms with Crippen molar-refractivity contribution in [3.63, 3.8) is 0 Å². The van der Waals surface area contributed by atoms with Gasteiger partial charge >= 0.3 is 17.9 Å². The average Bonchev–Trinajstić information content (AvgIpc) is 2.39. The monoisotopic (exact) mass is 314 g/mol. The zero-order valence-electron chi connectivity index (χ0n) is 13.5. The second-order valence-corrected chi connectivity index (χ2v) is 5.63. The second kappa shape index (κ2) is 7.29. The zero-order chi connectivity index (χ0) is 16.9. The molecular formula is C15H22O7. The lowest BCUT2D eigenvalue weighted by Crippen LogP contribution is -2.43. The van der Waals surface area contributed by atoms with Crippen molar-refractivity contribution in [2.24, 2.45) is 5.41 Å². The van der Waals surface area contributed by atoms with Crippen LogP contribution in [0.5, 0.6) is 0 Å². The van der Waals surface area contributed by atoms with Gasteiger partial charge in [-0.15, -0.1) is 0 Å². The highest BCUT2D eigenvalue weighted by atomic mass is 16.6. The van der Waals surface area contributed by atoms with Crippen molar-refractivity contribution < 1.29 is 33.3 Å². The molecule has 0 unspecified atom stereocenters. The van der Waals surface area contributed by atoms with Gasteiger partial charge in [0, 0.05) is 20.3 Å². The minimum atomic E-state index is -0.699. The molecule has 1 heterocycles. The fraction of sp³-hybridized carbons (Fsp3) is 0.667. The van der Waals surface area contributed by atoms with E-state index >= 15 is 0 Å². The summed E-state index contributed by atoms with van der Waals surface area (Å²) in [6, 6.07) is 0. The first kappa shape index (κ1) is 18.0. The zero-order valence-corrected chi connectivity index (χ0v) is 13.5. The summed E-state index contributed by atoms with van der Waals surface area (Å²) in [7, 11) is 1.48. The van der Waals surface area contributed by atoms with Gasteiger partial charge in [0.25, 0.3) is 0 Å². The molecule has 1 rings (SSSR count). The van der Waals surface area contributed by atoms with E-state index in [1.807, 2.05) is 13.8 Å². The standard InChI is InChI=1S/C15H22O7/c1-9(16)20-8-11(21-10(2)17)6-13-15(3,4)12(19-5)7-14(18)22-13/h7,11,13H,6,8H2,1-5H3/t11-,13-/m1/s1. The van der Waals surface area contributed by atoms with Crippen LogP contribution in [-0.4, -0.2) is 43.8 Å². The van der Waals surface area contributed by atoms with Crippen LogP contribution in [0.1, 0.15) is 34.1 Å². The Labute approximate surface area is 129 Å². The Hall–Kier alpha value is -2.05. The first-order chi connectivity index (χ1) is 10.2. The number of carbonyl (C=O) groups is 3. The highest BCUT2D eigenvalue weighted by molar-refractivity contribution is 5.84. The van der Waals surface area contributed by atoms with Crippen LogP contribution in [0.15, 0.2) is 11.8 Å². The van der Waals surface area contributed by atoms with E-state index in [-0.39, 0.29) is 13.0 Å². The molecule has 0 N–H and O–H groups in total. The fourth-order valence-corrected chi connectivity index (χ4v) is 2.27. The molecule has 7 nitrogen and oxygen atoms in total. The third-order valence-electron chi connectivity index (χ3n) is 3.45. The molecule has 22 heavy (non-hydrogen) atoms. The van der Waals surface area contributed by atoms with Crippen LogP contribution in [0.4, 0.5) is 0 Å². The Morgan fingerprint density at radius 3 is 2.45 bits per heavy atom. The summed E-state index contributed by atoms with van der Waals surface area (Å²) in [6.07, 6.45) is 0.227. The fourth-order valence-electron chi connectivity index (χ4n) is 2.27. The quantitative estimate of drug-likeness (QED) is 0.540. The van der Waals surface area contributed by atoms with Gasteiger partial charge in [0.2, 0.25) is 0 Å². The van der Waals surface area contributed by atoms with Gasteiger partial charge in [0.05, 0.1) is 18.6 Å². The Balaban J connectivity index is 2.86. The number of hydrogen-bond donors (Lipinski definition) is 0. The molecule has 0 saturated heterocycles. The Morgan fingerprint density at radius 1 is 1.32 bits per heavy atom. The van der Waals surface area contributed by atoms with Crippen molar-refractivity contribution in [3.05, 3.63) is 11.8 Å². The van der Waals surface area contributed by atoms with Crippen LogP contribution in [0, 0.1) is 5.41 Å². The number of carbonyl (C=O) groups excluding carboxylic acids is 3. The average molecular weight is 314 g/mol. The minimum Gasteiger partial charge on any atom is -0.500 e. The first-order valence-corrected chi connectivity index (χ1v) is 6.94. The summed E-state index contributed by atoms with van der Waals surface area (Å²) in [4.78, 5) is 33.7. The molecule has 0 fully saturated rings. The van der Waals surface area contributed by atoms with Gasteiger partial charge in [-0.1, -0.05) is 0 Å². The van der Waals surface area contributed by atoms with Crippen LogP contribution >= 0.6 is 0 Å². The number of esters is 3. The molecule has 1 aliphatic heterocycles. The lowest BCUT2D eigenvalue weighted by atomic mass is 9.80. The SMILES string of the molecule is COC1=CC(=O)O[C@H](C[C@H](COC(C)=O)OC(C)=O)C1(C)C. The van der Waals surface area contributed by atoms with Gasteiger partial charge in [0.1, 0.15) is 24.6 Å². The minimum absolute atomic E-state index is 0.0922. The predicted molar refractivity (Wildman–Crippen MR) is 75.6 cm³/mol. The number of ether oxygens (including phenoxy) is 4. The lowest BCUT2D eigenvalue weighted by Gasteiger charge is -2.38. The summed E-state index contributed by atoms with van der Waals surface area (Å²) in [5.41, 5.74) is -0.586. The third kappa shape index (κ3) is 4.75. The molecule has 7 heteroatoms. The predicted octanol–water partition coefficient (Wildman–Crippen LogP) is 1.35. The van der Waals surface area contributed by atoms with Crippen LogP contribution < -0.4 is 0 Å². The van der Waals surface area contributed by atoms with Crippen molar-refractivity contribution in [2.75, 3.05) is 13.7 Å². The topological polar surface area (TPSA) is 88.1 Å². The van der Waals surface area contributed by atoms with E-state index in [0.29, 0.717) is 5.76 Å². The smallest absolute Gasteiger partial charge is 0.334 e. The van der Waals surface area contributed by atoms with Gasteiger partial charge < -0.3 is 18.9 Å². The van der Waals surface area contributed by atoms with Gasteiger partial charge in [-0.05, 0) is 13.8 Å². The molecule has 0 amide bonds. The van der Waals surface area contributed by atoms with Crippen LogP contribution in [0.2, 0.25) is 0 Å². The molecule has 0 spiro atoms. The van der Waals surface area contributed by atoms with Crippen LogP contribution in [0.3, 0.4) is 0 Å². The number of cyclic esters (lactones) is 1. The maximum atomic E-state index is 11.6. The Bertz CT molecular complexity index is 478. The van der Waals surface area contributed by atoms with Gasteiger partial charge in [0.15, 0.2) is 0 Å². The summed E-state index contributed by atoms with van der Waals surface area (Å²) in [6.45, 7) is 6.15. The maximum absolute atomic E-state index is 11.6. The molecule has 0 saturated carbocycles. The molecule has 0 aromatic heterocycles. The van der Waals surface area contributed by atoms with E-state index < -0.39 is 35.5 Å². The van der Waals surface area contributed by atoms with Crippen molar-refractivity contribution in [1.82, 2.24) is 0 Å². The van der Waals surface area contributed by atoms with E-state index in [2.05, 4.69) is 0 Å². The number of hydrogen-bond acceptors (Lipinski definition) is 7. The Kier molecular flexibility index (Phi) is 5.96. The van der Waals surface area contributed by atoms with Gasteiger partial charge in [-0.2, -0.15) is 0 Å². The maximum Gasteiger partial charge on any atom is 0.334 e. The molecule has 0 aliphatic carbocycles. The molecular weight excluding hydrogens is 292 g/mol. The van der Waals surface area contributed by atoms with E-state index in [9.17, 15) is 14.4 Å². The van der Waals surface area contributed by atoms with Crippen molar-refractivity contribution in [1.29, 1.82) is 0 Å². The van der Waals surface area contributed by atoms with Crippen LogP contribution in [0.25, 0.3) is 0 Å². The van der Waals surface area contributed by atoms with E-state index in [1.165, 1.54) is 27.0 Å². The Morgan fingerprint density at radius 2 is 1.95 bits per heavy atom. The highest BCUT2D eigenvalue weighted by Gasteiger charge is 2.42. The molecule has 0 bridgehead atoms. The molecule has 0 aromatic carbocycles. The highest BCUT2D eigenvalue weighted by Crippen LogP contribution is 2.38. The van der Waals surface area contributed by atoms with E-state index in [4.69, 9.17) is 18.9 Å². The number of rotatable bonds is 6. The van der Waals surface area contributed by atoms with Gasteiger partial charge in [-0.3, -0.25) is 9.59 Å². The summed E-state index contributed by atoms with van der Waals surface area (Å²) in [5, 5.41) is 0. The lowest BCUT2D eigenvalue weighted by molar-refractivity contribution is -0.166. The van der Waals surface area contributed by atoms with Crippen molar-refractivity contribution >= 4 is 17.9 Å². The molecule has 0 aromatic rings. The third-order valence-corrected chi connectivity index (χ3v) is 3.45. The van der Waals surface area contributed by atoms with Crippen molar-refractivity contribution in [2.45, 2.75) is 46.3 Å². The number of methoxy groups -OCH3 is 1. The molecule has 1 aliphatic rings. The molecule has 2 atom stereocenters. The van der Waals surface area contributed by atoms with Crippen LogP contribution in [-0.2, 0) is 33.3 Å². The largest absolute Gasteiger partial charge is 0.500 e. The normalized spacial score (nSPS) is 21.2. The second-order valence-electron chi connectivity index (χ2n) is 5.63. The summed E-state index contributed by atoms with van der Waals surface area (Å²) in [5.74, 6) is -1.01. The van der Waals surface area contributed by atoms with E-state index in [0.717, 1.165) is 0 Å². The molecule has 124 valence electrons. The molecule has 0 radical (unpaired) electrons. The summed E-state index contributed by atoms with van der Waals surface area (Å²) < 4.78 is 20.6. The first-order valence-electron chi connectivity index (χ1n) is 6.94. The summed E-state index contributed by atoms with van der Waals surface area (Å²) >= 11 is 0.